The Morgan fingerprint density at radius 3 is 2.88 bits per heavy atom. The molecule has 1 aliphatic carbocycles. The van der Waals surface area contributed by atoms with E-state index in [0.717, 1.165) is 50.6 Å². The van der Waals surface area contributed by atoms with Crippen LogP contribution in [-0.4, -0.2) is 24.9 Å². The van der Waals surface area contributed by atoms with Gasteiger partial charge in [-0.05, 0) is 42.7 Å². The first-order valence-electron chi connectivity index (χ1n) is 9.25. The number of hydrogen-bond donors (Lipinski definition) is 3. The molecule has 1 aliphatic heterocycles. The van der Waals surface area contributed by atoms with Crippen molar-refractivity contribution >= 4 is 39.5 Å². The van der Waals surface area contributed by atoms with Crippen LogP contribution in [0.2, 0.25) is 0 Å². The molecule has 7 heteroatoms. The number of quaternary nitrogens is 1. The summed E-state index contributed by atoms with van der Waals surface area (Å²) in [7, 11) is 0. The van der Waals surface area contributed by atoms with Crippen molar-refractivity contribution in [3.8, 4) is 0 Å². The van der Waals surface area contributed by atoms with Gasteiger partial charge < -0.3 is 16.0 Å². The van der Waals surface area contributed by atoms with Crippen LogP contribution in [0.4, 0.5) is 5.00 Å². The van der Waals surface area contributed by atoms with Gasteiger partial charge in [-0.15, -0.1) is 22.7 Å². The molecule has 2 amide bonds. The van der Waals surface area contributed by atoms with Crippen molar-refractivity contribution < 1.29 is 14.5 Å². The van der Waals surface area contributed by atoms with Gasteiger partial charge >= 0.3 is 0 Å². The lowest BCUT2D eigenvalue weighted by molar-refractivity contribution is -0.910. The second-order valence-electron chi connectivity index (χ2n) is 7.12. The minimum atomic E-state index is -0.426. The predicted molar refractivity (Wildman–Crippen MR) is 105 cm³/mol. The normalized spacial score (nSPS) is 22.2. The van der Waals surface area contributed by atoms with Crippen LogP contribution in [0, 0.1) is 0 Å². The van der Waals surface area contributed by atoms with E-state index >= 15 is 0 Å². The summed E-state index contributed by atoms with van der Waals surface area (Å²) in [6.45, 7) is 1.45. The summed E-state index contributed by atoms with van der Waals surface area (Å²) in [5.74, 6) is -0.450. The molecule has 5 nitrogen and oxygen atoms in total. The van der Waals surface area contributed by atoms with Gasteiger partial charge in [0.1, 0.15) is 11.0 Å². The summed E-state index contributed by atoms with van der Waals surface area (Å²) in [5, 5.41) is 5.75. The van der Waals surface area contributed by atoms with Gasteiger partial charge in [-0.2, -0.15) is 0 Å². The highest BCUT2D eigenvalue weighted by Crippen LogP contribution is 2.37. The highest BCUT2D eigenvalue weighted by molar-refractivity contribution is 7.17. The Balaban J connectivity index is 1.48. The smallest absolute Gasteiger partial charge is 0.280 e. The molecule has 1 unspecified atom stereocenters. The summed E-state index contributed by atoms with van der Waals surface area (Å²) in [5.41, 5.74) is 7.23. The van der Waals surface area contributed by atoms with E-state index in [1.165, 1.54) is 26.0 Å². The maximum Gasteiger partial charge on any atom is 0.280 e. The van der Waals surface area contributed by atoms with Gasteiger partial charge in [0.25, 0.3) is 11.8 Å². The molecule has 0 aromatic carbocycles. The Morgan fingerprint density at radius 2 is 2.12 bits per heavy atom. The van der Waals surface area contributed by atoms with Gasteiger partial charge in [0.15, 0.2) is 6.54 Å². The highest BCUT2D eigenvalue weighted by Gasteiger charge is 2.33. The number of amides is 2. The SMILES string of the molecule is NC(=O)c1c(NC(=O)C[NH+]2CCC[C@H]2c2cccs2)sc2c1CCCC2. The van der Waals surface area contributed by atoms with Gasteiger partial charge in [-0.3, -0.25) is 9.59 Å². The van der Waals surface area contributed by atoms with Crippen molar-refractivity contribution in [2.75, 3.05) is 18.4 Å². The maximum absolute atomic E-state index is 12.7. The third-order valence-electron chi connectivity index (χ3n) is 5.43. The van der Waals surface area contributed by atoms with Gasteiger partial charge in [0.05, 0.1) is 17.0 Å². The number of aryl methyl sites for hydroxylation is 1. The zero-order valence-corrected chi connectivity index (χ0v) is 16.3. The highest BCUT2D eigenvalue weighted by atomic mass is 32.1. The number of rotatable bonds is 5. The standard InChI is InChI=1S/C19H23N3O2S2/c20-18(24)17-12-5-1-2-7-14(12)26-19(17)21-16(23)11-22-9-3-6-13(22)15-8-4-10-25-15/h4,8,10,13H,1-3,5-7,9,11H2,(H2,20,24)(H,21,23)/p+1/t13-/m0/s1. The van der Waals surface area contributed by atoms with E-state index in [0.29, 0.717) is 23.2 Å². The molecule has 0 spiro atoms. The Kier molecular flexibility index (Phi) is 5.11. The van der Waals surface area contributed by atoms with Crippen molar-refractivity contribution in [1.82, 2.24) is 0 Å². The van der Waals surface area contributed by atoms with E-state index in [2.05, 4.69) is 22.8 Å². The quantitative estimate of drug-likeness (QED) is 0.732. The number of nitrogens with one attached hydrogen (secondary N) is 2. The van der Waals surface area contributed by atoms with Crippen molar-refractivity contribution in [3.63, 3.8) is 0 Å². The van der Waals surface area contributed by atoms with Crippen LogP contribution in [0.3, 0.4) is 0 Å². The predicted octanol–water partition coefficient (Wildman–Crippen LogP) is 2.15. The zero-order valence-electron chi connectivity index (χ0n) is 14.7. The fourth-order valence-electron chi connectivity index (χ4n) is 4.25. The molecule has 4 N–H and O–H groups in total. The molecular weight excluding hydrogens is 366 g/mol. The molecule has 1 fully saturated rings. The average Bonchev–Trinajstić information content (AvgIpc) is 3.33. The second-order valence-corrected chi connectivity index (χ2v) is 9.21. The minimum absolute atomic E-state index is 0.0236. The molecule has 2 aromatic rings. The fraction of sp³-hybridized carbons (Fsp3) is 0.474. The molecule has 2 aromatic heterocycles. The molecule has 0 saturated carbocycles. The summed E-state index contributed by atoms with van der Waals surface area (Å²) >= 11 is 3.30. The van der Waals surface area contributed by atoms with Gasteiger partial charge in [-0.25, -0.2) is 0 Å². The van der Waals surface area contributed by atoms with Gasteiger partial charge in [-0.1, -0.05) is 6.07 Å². The Labute approximate surface area is 161 Å². The first kappa shape index (κ1) is 17.7. The fourth-order valence-corrected chi connectivity index (χ4v) is 6.48. The number of thiophene rings is 2. The lowest BCUT2D eigenvalue weighted by Crippen LogP contribution is -3.11. The lowest BCUT2D eigenvalue weighted by atomic mass is 9.95. The first-order chi connectivity index (χ1) is 12.6. The lowest BCUT2D eigenvalue weighted by Gasteiger charge is -2.20. The van der Waals surface area contributed by atoms with Crippen molar-refractivity contribution in [2.24, 2.45) is 5.73 Å². The maximum atomic E-state index is 12.7. The Hall–Kier alpha value is -1.70. The summed E-state index contributed by atoms with van der Waals surface area (Å²) in [6.07, 6.45) is 6.36. The van der Waals surface area contributed by atoms with Crippen LogP contribution in [0.1, 0.15) is 57.4 Å². The third-order valence-corrected chi connectivity index (χ3v) is 7.62. The van der Waals surface area contributed by atoms with E-state index in [-0.39, 0.29) is 5.91 Å². The van der Waals surface area contributed by atoms with E-state index in [4.69, 9.17) is 5.73 Å². The number of fused-ring (bicyclic) bond motifs is 1. The largest absolute Gasteiger partial charge is 0.365 e. The Bertz CT molecular complexity index is 813. The molecule has 2 atom stereocenters. The number of likely N-dealkylation sites (tertiary alicyclic amines) is 1. The van der Waals surface area contributed by atoms with Gasteiger partial charge in [0.2, 0.25) is 0 Å². The molecule has 4 rings (SSSR count). The first-order valence-corrected chi connectivity index (χ1v) is 10.9. The number of carbonyl (C=O) groups excluding carboxylic acids is 2. The number of primary amides is 1. The third kappa shape index (κ3) is 3.43. The van der Waals surface area contributed by atoms with Gasteiger partial charge in [0, 0.05) is 17.7 Å². The summed E-state index contributed by atoms with van der Waals surface area (Å²) < 4.78 is 0. The number of carbonyl (C=O) groups is 2. The Morgan fingerprint density at radius 1 is 1.27 bits per heavy atom. The minimum Gasteiger partial charge on any atom is -0.365 e. The molecule has 138 valence electrons. The second kappa shape index (κ2) is 7.50. The van der Waals surface area contributed by atoms with Crippen molar-refractivity contribution in [3.05, 3.63) is 38.4 Å². The van der Waals surface area contributed by atoms with Crippen LogP contribution in [0.5, 0.6) is 0 Å². The van der Waals surface area contributed by atoms with Crippen LogP contribution < -0.4 is 16.0 Å². The van der Waals surface area contributed by atoms with Crippen molar-refractivity contribution in [2.45, 2.75) is 44.6 Å². The van der Waals surface area contributed by atoms with Crippen molar-refractivity contribution in [1.29, 1.82) is 0 Å². The summed E-state index contributed by atoms with van der Waals surface area (Å²) in [4.78, 5) is 28.5. The molecule has 0 bridgehead atoms. The number of anilines is 1. The molecule has 1 saturated heterocycles. The van der Waals surface area contributed by atoms with Crippen LogP contribution in [0.15, 0.2) is 17.5 Å². The van der Waals surface area contributed by atoms with Crippen LogP contribution in [0.25, 0.3) is 0 Å². The van der Waals surface area contributed by atoms with Crippen LogP contribution >= 0.6 is 22.7 Å². The van der Waals surface area contributed by atoms with E-state index < -0.39 is 5.91 Å². The zero-order chi connectivity index (χ0) is 18.1. The topological polar surface area (TPSA) is 76.6 Å². The molecule has 0 radical (unpaired) electrons. The van der Waals surface area contributed by atoms with Crippen LogP contribution in [-0.2, 0) is 17.6 Å². The van der Waals surface area contributed by atoms with E-state index in [1.54, 1.807) is 11.3 Å². The monoisotopic (exact) mass is 390 g/mol. The summed E-state index contributed by atoms with van der Waals surface area (Å²) in [6, 6.07) is 4.65. The number of nitrogens with two attached hydrogens (primary N) is 1. The molecule has 3 heterocycles. The average molecular weight is 391 g/mol. The number of hydrogen-bond acceptors (Lipinski definition) is 4. The molecular formula is C19H24N3O2S2+. The molecule has 2 aliphatic rings. The van der Waals surface area contributed by atoms with E-state index in [1.807, 2.05) is 0 Å². The molecule has 26 heavy (non-hydrogen) atoms. The van der Waals surface area contributed by atoms with E-state index in [9.17, 15) is 9.59 Å².